The number of nitrogens with zero attached hydrogens (tertiary/aromatic N) is 5. The smallest absolute Gasteiger partial charge is 0.434 e. The second-order valence-electron chi connectivity index (χ2n) is 9.51. The summed E-state index contributed by atoms with van der Waals surface area (Å²) in [6.45, 7) is -1.48. The molecule has 11 nitrogen and oxygen atoms in total. The molecule has 1 aromatic carbocycles. The van der Waals surface area contributed by atoms with Crippen molar-refractivity contribution in [3.63, 3.8) is 0 Å². The number of hydrogen-bond donors (Lipinski definition) is 1. The molecule has 0 spiro atoms. The number of benzene rings is 1. The van der Waals surface area contributed by atoms with Crippen molar-refractivity contribution in [1.82, 2.24) is 24.7 Å². The molecule has 0 aliphatic carbocycles. The number of aromatic nitrogens is 2. The molecule has 2 aromatic rings. The van der Waals surface area contributed by atoms with Crippen LogP contribution in [0.5, 0.6) is 5.75 Å². The highest BCUT2D eigenvalue weighted by atomic mass is 19.4. The highest BCUT2D eigenvalue weighted by molar-refractivity contribution is 5.98. The van der Waals surface area contributed by atoms with Gasteiger partial charge in [0.05, 0.1) is 24.4 Å². The first-order valence-corrected chi connectivity index (χ1v) is 12.5. The van der Waals surface area contributed by atoms with Gasteiger partial charge < -0.3 is 20.1 Å². The number of ether oxygens (including phenoxy) is 2. The molecule has 0 atom stereocenters. The molecule has 1 aromatic heterocycles. The van der Waals surface area contributed by atoms with Crippen LogP contribution in [0, 0.1) is 0 Å². The van der Waals surface area contributed by atoms with Crippen LogP contribution in [0.4, 0.5) is 22.0 Å². The predicted octanol–water partition coefficient (Wildman–Crippen LogP) is 1.83. The summed E-state index contributed by atoms with van der Waals surface area (Å²) < 4.78 is 77.5. The lowest BCUT2D eigenvalue weighted by atomic mass is 9.97. The molecule has 40 heavy (non-hydrogen) atoms. The third-order valence-corrected chi connectivity index (χ3v) is 7.19. The van der Waals surface area contributed by atoms with Gasteiger partial charge in [0.15, 0.2) is 5.69 Å². The third kappa shape index (κ3) is 5.20. The number of piperidine rings is 1. The van der Waals surface area contributed by atoms with Crippen molar-refractivity contribution in [2.75, 3.05) is 39.4 Å². The molecule has 0 radical (unpaired) electrons. The minimum atomic E-state index is -4.88. The lowest BCUT2D eigenvalue weighted by Crippen LogP contribution is -2.57. The summed E-state index contributed by atoms with van der Waals surface area (Å²) in [5, 5.41) is 7.19. The topological polar surface area (TPSA) is 123 Å². The van der Waals surface area contributed by atoms with Crippen molar-refractivity contribution in [3.8, 4) is 11.4 Å². The summed E-state index contributed by atoms with van der Waals surface area (Å²) in [5.41, 5.74) is 2.75. The van der Waals surface area contributed by atoms with Gasteiger partial charge in [0, 0.05) is 31.2 Å². The van der Waals surface area contributed by atoms with Crippen LogP contribution in [0.1, 0.15) is 44.9 Å². The molecule has 4 heterocycles. The van der Waals surface area contributed by atoms with Gasteiger partial charge in [-0.2, -0.15) is 27.1 Å². The number of fused-ring (bicyclic) bond motifs is 1. The molecular formula is C24H25F5N6O5. The van der Waals surface area contributed by atoms with Gasteiger partial charge in [-0.25, -0.2) is 9.69 Å². The molecule has 0 bridgehead atoms. The van der Waals surface area contributed by atoms with Crippen molar-refractivity contribution in [3.05, 3.63) is 40.7 Å². The van der Waals surface area contributed by atoms with Crippen molar-refractivity contribution < 1.29 is 45.8 Å². The fraction of sp³-hybridized carbons (Fsp3) is 0.500. The van der Waals surface area contributed by atoms with Crippen LogP contribution in [0.3, 0.4) is 0 Å². The second kappa shape index (κ2) is 10.6. The molecule has 2 saturated heterocycles. The quantitative estimate of drug-likeness (QED) is 0.524. The molecule has 5 rings (SSSR count). The lowest BCUT2D eigenvalue weighted by molar-refractivity contribution is -0.168. The number of nitrogens with two attached hydrogens (primary N) is 1. The average Bonchev–Trinajstić information content (AvgIpc) is 3.31. The summed E-state index contributed by atoms with van der Waals surface area (Å²) in [6.07, 6.45) is -4.03. The van der Waals surface area contributed by atoms with Crippen LogP contribution in [0.15, 0.2) is 18.2 Å². The summed E-state index contributed by atoms with van der Waals surface area (Å²) in [4.78, 5) is 39.3. The average molecular weight is 572 g/mol. The molecule has 0 unspecified atom stereocenters. The monoisotopic (exact) mass is 572 g/mol. The Bertz CT molecular complexity index is 1320. The van der Waals surface area contributed by atoms with Gasteiger partial charge in [0.25, 0.3) is 17.7 Å². The first-order chi connectivity index (χ1) is 19.0. The normalized spacial score (nSPS) is 19.4. The van der Waals surface area contributed by atoms with E-state index in [0.29, 0.717) is 39.1 Å². The standard InChI is InChI=1S/C24H25F5N6O5/c25-23(26)40-17-2-1-14(11-16(17)21(30)37)35-19-15(20(31-35)24(27,28)29)5-8-33(22(19)38)13-3-6-32(7-4-13)34-9-10-39-12-18(34)36/h1-2,11,13,23H,3-10,12H2,(H2,30,37). The van der Waals surface area contributed by atoms with Crippen LogP contribution < -0.4 is 10.5 Å². The predicted molar refractivity (Wildman–Crippen MR) is 126 cm³/mol. The van der Waals surface area contributed by atoms with E-state index in [1.165, 1.54) is 4.90 Å². The van der Waals surface area contributed by atoms with Crippen LogP contribution in [-0.4, -0.2) is 94.5 Å². The molecule has 2 fully saturated rings. The van der Waals surface area contributed by atoms with Crippen LogP contribution >= 0.6 is 0 Å². The zero-order chi connectivity index (χ0) is 28.8. The van der Waals surface area contributed by atoms with Crippen molar-refractivity contribution in [1.29, 1.82) is 0 Å². The summed E-state index contributed by atoms with van der Waals surface area (Å²) >= 11 is 0. The summed E-state index contributed by atoms with van der Waals surface area (Å²) in [6, 6.07) is 2.73. The molecule has 3 aliphatic heterocycles. The Labute approximate surface area is 224 Å². The fourth-order valence-electron chi connectivity index (χ4n) is 5.39. The van der Waals surface area contributed by atoms with E-state index < -0.39 is 41.6 Å². The van der Waals surface area contributed by atoms with Gasteiger partial charge in [0.1, 0.15) is 18.1 Å². The van der Waals surface area contributed by atoms with Gasteiger partial charge in [-0.3, -0.25) is 19.4 Å². The van der Waals surface area contributed by atoms with Crippen LogP contribution in [0.2, 0.25) is 0 Å². The first-order valence-electron chi connectivity index (χ1n) is 12.5. The number of halogens is 5. The summed E-state index contributed by atoms with van der Waals surface area (Å²) in [5.74, 6) is -2.57. The largest absolute Gasteiger partial charge is 0.435 e. The van der Waals surface area contributed by atoms with Crippen LogP contribution in [0.25, 0.3) is 5.69 Å². The second-order valence-corrected chi connectivity index (χ2v) is 9.51. The van der Waals surface area contributed by atoms with Crippen molar-refractivity contribution in [2.45, 2.75) is 38.1 Å². The lowest BCUT2D eigenvalue weighted by Gasteiger charge is -2.44. The molecule has 2 N–H and O–H groups in total. The molecule has 16 heteroatoms. The van der Waals surface area contributed by atoms with E-state index in [1.807, 2.05) is 5.01 Å². The number of carbonyl (C=O) groups excluding carboxylic acids is 3. The first kappa shape index (κ1) is 27.8. The Morgan fingerprint density at radius 3 is 2.48 bits per heavy atom. The van der Waals surface area contributed by atoms with E-state index in [4.69, 9.17) is 10.5 Å². The molecule has 3 amide bonds. The van der Waals surface area contributed by atoms with E-state index in [-0.39, 0.29) is 48.5 Å². The van der Waals surface area contributed by atoms with Crippen molar-refractivity contribution in [2.24, 2.45) is 5.73 Å². The maximum atomic E-state index is 13.9. The summed E-state index contributed by atoms with van der Waals surface area (Å²) in [7, 11) is 0. The number of carbonyl (C=O) groups is 3. The number of hydrogen-bond acceptors (Lipinski definition) is 7. The highest BCUT2D eigenvalue weighted by Crippen LogP contribution is 2.37. The maximum absolute atomic E-state index is 13.9. The van der Waals surface area contributed by atoms with Gasteiger partial charge >= 0.3 is 12.8 Å². The Morgan fingerprint density at radius 1 is 1.12 bits per heavy atom. The maximum Gasteiger partial charge on any atom is 0.435 e. The minimum Gasteiger partial charge on any atom is -0.434 e. The SMILES string of the molecule is NC(=O)c1cc(-n2nc(C(F)(F)F)c3c2C(=O)N(C2CCN(N4CCOCC4=O)CC2)CC3)ccc1OC(F)F. The van der Waals surface area contributed by atoms with Gasteiger partial charge in [0.2, 0.25) is 0 Å². The number of morpholine rings is 1. The number of hydrazine groups is 1. The van der Waals surface area contributed by atoms with Crippen molar-refractivity contribution >= 4 is 17.7 Å². The van der Waals surface area contributed by atoms with Gasteiger partial charge in [-0.1, -0.05) is 0 Å². The Morgan fingerprint density at radius 2 is 1.85 bits per heavy atom. The Balaban J connectivity index is 1.45. The molecule has 216 valence electrons. The fourth-order valence-corrected chi connectivity index (χ4v) is 5.39. The molecule has 0 saturated carbocycles. The number of amides is 3. The minimum absolute atomic E-state index is 0.00838. The number of rotatable bonds is 6. The van der Waals surface area contributed by atoms with Gasteiger partial charge in [-0.15, -0.1) is 0 Å². The highest BCUT2D eigenvalue weighted by Gasteiger charge is 2.44. The zero-order valence-corrected chi connectivity index (χ0v) is 21.0. The van der Waals surface area contributed by atoms with E-state index in [9.17, 15) is 36.3 Å². The number of alkyl halides is 5. The third-order valence-electron chi connectivity index (χ3n) is 7.19. The van der Waals surface area contributed by atoms with E-state index >= 15 is 0 Å². The van der Waals surface area contributed by atoms with E-state index in [0.717, 1.165) is 22.9 Å². The van der Waals surface area contributed by atoms with Gasteiger partial charge in [-0.05, 0) is 37.5 Å². The Kier molecular flexibility index (Phi) is 7.39. The zero-order valence-electron chi connectivity index (χ0n) is 21.0. The Hall–Kier alpha value is -3.79. The molecule has 3 aliphatic rings. The molecular weight excluding hydrogens is 547 g/mol. The van der Waals surface area contributed by atoms with E-state index in [1.54, 1.807) is 5.01 Å². The number of primary amides is 1. The van der Waals surface area contributed by atoms with Crippen LogP contribution in [-0.2, 0) is 22.1 Å². The van der Waals surface area contributed by atoms with E-state index in [2.05, 4.69) is 9.84 Å².